The third kappa shape index (κ3) is 3.15. The Bertz CT molecular complexity index is 567. The van der Waals surface area contributed by atoms with Crippen LogP contribution >= 0.6 is 11.8 Å². The summed E-state index contributed by atoms with van der Waals surface area (Å²) in [6.45, 7) is 2.07. The molecule has 2 N–H and O–H groups in total. The Hall–Kier alpha value is -1.81. The zero-order valence-corrected chi connectivity index (χ0v) is 12.1. The van der Waals surface area contributed by atoms with Gasteiger partial charge in [0.1, 0.15) is 5.75 Å². The van der Waals surface area contributed by atoms with Crippen molar-refractivity contribution in [3.63, 3.8) is 0 Å². The number of benzene rings is 2. The summed E-state index contributed by atoms with van der Waals surface area (Å²) < 4.78 is 10.6. The number of hydrogen-bond acceptors (Lipinski definition) is 4. The van der Waals surface area contributed by atoms with Crippen LogP contribution in [0.2, 0.25) is 0 Å². The molecule has 19 heavy (non-hydrogen) atoms. The fourth-order valence-electron chi connectivity index (χ4n) is 1.74. The summed E-state index contributed by atoms with van der Waals surface area (Å²) >= 11 is 1.61. The monoisotopic (exact) mass is 275 g/mol. The van der Waals surface area contributed by atoms with E-state index in [1.54, 1.807) is 32.0 Å². The van der Waals surface area contributed by atoms with Gasteiger partial charge in [0.15, 0.2) is 5.75 Å². The maximum absolute atomic E-state index is 5.97. The highest BCUT2D eigenvalue weighted by Crippen LogP contribution is 2.41. The highest BCUT2D eigenvalue weighted by Gasteiger charge is 2.11. The quantitative estimate of drug-likeness (QED) is 0.863. The van der Waals surface area contributed by atoms with Crippen LogP contribution in [0.4, 0.5) is 5.69 Å². The second kappa shape index (κ2) is 5.89. The standard InChI is InChI=1S/C15H17NO2S/c1-10-4-6-12(7-5-10)19-14-9-11(17-2)8-13(16)15(14)18-3/h4-9H,16H2,1-3H3. The summed E-state index contributed by atoms with van der Waals surface area (Å²) in [5.41, 5.74) is 7.79. The van der Waals surface area contributed by atoms with E-state index in [-0.39, 0.29) is 0 Å². The molecule has 0 radical (unpaired) electrons. The van der Waals surface area contributed by atoms with Crippen LogP contribution in [0.5, 0.6) is 11.5 Å². The van der Waals surface area contributed by atoms with Crippen molar-refractivity contribution in [2.45, 2.75) is 16.7 Å². The molecule has 0 fully saturated rings. The number of ether oxygens (including phenoxy) is 2. The maximum atomic E-state index is 5.97. The molecule has 0 bridgehead atoms. The molecule has 0 heterocycles. The Morgan fingerprint density at radius 2 is 1.68 bits per heavy atom. The highest BCUT2D eigenvalue weighted by atomic mass is 32.2. The van der Waals surface area contributed by atoms with Crippen molar-refractivity contribution in [1.82, 2.24) is 0 Å². The minimum absolute atomic E-state index is 0.580. The average molecular weight is 275 g/mol. The van der Waals surface area contributed by atoms with Gasteiger partial charge in [-0.05, 0) is 25.1 Å². The first-order valence-corrected chi connectivity index (χ1v) is 6.71. The summed E-state index contributed by atoms with van der Waals surface area (Å²) in [5, 5.41) is 0. The maximum Gasteiger partial charge on any atom is 0.155 e. The van der Waals surface area contributed by atoms with Gasteiger partial charge in [0.2, 0.25) is 0 Å². The molecular formula is C15H17NO2S. The largest absolute Gasteiger partial charge is 0.497 e. The van der Waals surface area contributed by atoms with Gasteiger partial charge in [-0.1, -0.05) is 29.5 Å². The number of nitrogens with two attached hydrogens (primary N) is 1. The minimum Gasteiger partial charge on any atom is -0.497 e. The van der Waals surface area contributed by atoms with Crippen LogP contribution in [0.25, 0.3) is 0 Å². The number of hydrogen-bond donors (Lipinski definition) is 1. The highest BCUT2D eigenvalue weighted by molar-refractivity contribution is 7.99. The normalized spacial score (nSPS) is 10.3. The lowest BCUT2D eigenvalue weighted by Crippen LogP contribution is -1.96. The Morgan fingerprint density at radius 1 is 1.00 bits per heavy atom. The zero-order chi connectivity index (χ0) is 13.8. The van der Waals surface area contributed by atoms with E-state index in [9.17, 15) is 0 Å². The van der Waals surface area contributed by atoms with Crippen LogP contribution < -0.4 is 15.2 Å². The van der Waals surface area contributed by atoms with Crippen LogP contribution in [0.1, 0.15) is 5.56 Å². The van der Waals surface area contributed by atoms with E-state index in [2.05, 4.69) is 31.2 Å². The van der Waals surface area contributed by atoms with Crippen molar-refractivity contribution in [3.05, 3.63) is 42.0 Å². The lowest BCUT2D eigenvalue weighted by Gasteiger charge is -2.13. The van der Waals surface area contributed by atoms with Crippen LogP contribution in [0, 0.1) is 6.92 Å². The summed E-state index contributed by atoms with van der Waals surface area (Å²) in [6, 6.07) is 12.0. The van der Waals surface area contributed by atoms with Crippen molar-refractivity contribution < 1.29 is 9.47 Å². The molecule has 0 saturated carbocycles. The van der Waals surface area contributed by atoms with Crippen molar-refractivity contribution in [3.8, 4) is 11.5 Å². The SMILES string of the molecule is COc1cc(N)c(OC)c(Sc2ccc(C)cc2)c1. The molecule has 2 aromatic carbocycles. The summed E-state index contributed by atoms with van der Waals surface area (Å²) in [6.07, 6.45) is 0. The van der Waals surface area contributed by atoms with Crippen LogP contribution in [0.3, 0.4) is 0 Å². The fourth-order valence-corrected chi connectivity index (χ4v) is 2.74. The molecule has 100 valence electrons. The van der Waals surface area contributed by atoms with Gasteiger partial charge in [0.05, 0.1) is 24.8 Å². The van der Waals surface area contributed by atoms with Gasteiger partial charge >= 0.3 is 0 Å². The summed E-state index contributed by atoms with van der Waals surface area (Å²) in [5.74, 6) is 1.42. The molecular weight excluding hydrogens is 258 g/mol. The zero-order valence-electron chi connectivity index (χ0n) is 11.3. The van der Waals surface area contributed by atoms with Gasteiger partial charge < -0.3 is 15.2 Å². The lowest BCUT2D eigenvalue weighted by atomic mass is 10.2. The third-order valence-corrected chi connectivity index (χ3v) is 3.78. The van der Waals surface area contributed by atoms with E-state index in [0.29, 0.717) is 11.4 Å². The second-order valence-corrected chi connectivity index (χ2v) is 5.28. The van der Waals surface area contributed by atoms with E-state index in [0.717, 1.165) is 15.5 Å². The first-order chi connectivity index (χ1) is 9.13. The molecule has 0 unspecified atom stereocenters. The predicted molar refractivity (Wildman–Crippen MR) is 79.3 cm³/mol. The molecule has 0 atom stereocenters. The average Bonchev–Trinajstić information content (AvgIpc) is 2.41. The van der Waals surface area contributed by atoms with Crippen molar-refractivity contribution in [2.24, 2.45) is 0 Å². The minimum atomic E-state index is 0.580. The predicted octanol–water partition coefficient (Wildman–Crippen LogP) is 3.75. The van der Waals surface area contributed by atoms with E-state index in [1.807, 2.05) is 6.07 Å². The second-order valence-electron chi connectivity index (χ2n) is 4.16. The summed E-state index contributed by atoms with van der Waals surface area (Å²) in [7, 11) is 3.25. The number of rotatable bonds is 4. The topological polar surface area (TPSA) is 44.5 Å². The Kier molecular flexibility index (Phi) is 4.22. The smallest absolute Gasteiger partial charge is 0.155 e. The van der Waals surface area contributed by atoms with Gasteiger partial charge in [0, 0.05) is 11.0 Å². The lowest BCUT2D eigenvalue weighted by molar-refractivity contribution is 0.396. The number of methoxy groups -OCH3 is 2. The third-order valence-electron chi connectivity index (χ3n) is 2.75. The van der Waals surface area contributed by atoms with E-state index in [4.69, 9.17) is 15.2 Å². The molecule has 4 heteroatoms. The molecule has 3 nitrogen and oxygen atoms in total. The molecule has 2 rings (SSSR count). The molecule has 0 aliphatic carbocycles. The number of anilines is 1. The molecule has 0 saturated heterocycles. The van der Waals surface area contributed by atoms with E-state index in [1.165, 1.54) is 5.56 Å². The molecule has 0 aliphatic heterocycles. The molecule has 0 aliphatic rings. The fraction of sp³-hybridized carbons (Fsp3) is 0.200. The van der Waals surface area contributed by atoms with Crippen molar-refractivity contribution in [2.75, 3.05) is 20.0 Å². The molecule has 2 aromatic rings. The van der Waals surface area contributed by atoms with Crippen LogP contribution in [0.15, 0.2) is 46.2 Å². The van der Waals surface area contributed by atoms with Crippen molar-refractivity contribution >= 4 is 17.4 Å². The van der Waals surface area contributed by atoms with Gasteiger partial charge in [-0.25, -0.2) is 0 Å². The van der Waals surface area contributed by atoms with E-state index < -0.39 is 0 Å². The van der Waals surface area contributed by atoms with Gasteiger partial charge in [-0.3, -0.25) is 0 Å². The summed E-state index contributed by atoms with van der Waals surface area (Å²) in [4.78, 5) is 2.08. The van der Waals surface area contributed by atoms with Crippen LogP contribution in [-0.2, 0) is 0 Å². The van der Waals surface area contributed by atoms with E-state index >= 15 is 0 Å². The Morgan fingerprint density at radius 3 is 2.26 bits per heavy atom. The first kappa shape index (κ1) is 13.6. The van der Waals surface area contributed by atoms with Gasteiger partial charge in [0.25, 0.3) is 0 Å². The van der Waals surface area contributed by atoms with Crippen molar-refractivity contribution in [1.29, 1.82) is 0 Å². The Balaban J connectivity index is 2.37. The van der Waals surface area contributed by atoms with Gasteiger partial charge in [-0.2, -0.15) is 0 Å². The molecule has 0 aromatic heterocycles. The Labute approximate surface area is 117 Å². The first-order valence-electron chi connectivity index (χ1n) is 5.90. The number of nitrogen functional groups attached to an aromatic ring is 1. The molecule has 0 spiro atoms. The molecule has 0 amide bonds. The van der Waals surface area contributed by atoms with Gasteiger partial charge in [-0.15, -0.1) is 0 Å². The number of aryl methyl sites for hydroxylation is 1. The van der Waals surface area contributed by atoms with Crippen LogP contribution in [-0.4, -0.2) is 14.2 Å².